The first-order valence-corrected chi connectivity index (χ1v) is 17.0. The minimum Gasteiger partial charge on any atom is -0.512 e. The van der Waals surface area contributed by atoms with E-state index in [0.29, 0.717) is 47.0 Å². The minimum absolute atomic E-state index is 0.00471. The number of benzene rings is 2. The lowest BCUT2D eigenvalue weighted by molar-refractivity contribution is 0.0821. The predicted molar refractivity (Wildman–Crippen MR) is 156 cm³/mol. The highest BCUT2D eigenvalue weighted by Crippen LogP contribution is 2.63. The fourth-order valence-electron chi connectivity index (χ4n) is 8.29. The average molecular weight is 553 g/mol. The Labute approximate surface area is 236 Å². The molecular formula is C33H36N2O4Si. The molecule has 4 aliphatic carbocycles. The number of ketones is 1. The number of carbonyl (C=O) groups excluding carboxylic acids is 1. The molecule has 0 spiro atoms. The van der Waals surface area contributed by atoms with Crippen LogP contribution in [0.2, 0.25) is 12.6 Å². The van der Waals surface area contributed by atoms with Crippen LogP contribution in [0.5, 0.6) is 5.88 Å². The molecule has 6 nitrogen and oxygen atoms in total. The van der Waals surface area contributed by atoms with Gasteiger partial charge in [-0.15, -0.1) is 0 Å². The van der Waals surface area contributed by atoms with Gasteiger partial charge in [0.2, 0.25) is 5.78 Å². The fourth-order valence-corrected chi connectivity index (χ4v) is 10.9. The molecule has 1 saturated carbocycles. The van der Waals surface area contributed by atoms with Crippen LogP contribution in [0.3, 0.4) is 0 Å². The quantitative estimate of drug-likeness (QED) is 0.316. The Kier molecular flexibility index (Phi) is 6.31. The largest absolute Gasteiger partial charge is 0.512 e. The van der Waals surface area contributed by atoms with E-state index in [1.165, 1.54) is 11.2 Å². The zero-order valence-electron chi connectivity index (χ0n) is 23.2. The third kappa shape index (κ3) is 3.93. The molecule has 206 valence electrons. The molecule has 7 rings (SSSR count). The highest BCUT2D eigenvalue weighted by atomic mass is 28.3. The number of aliphatic hydroxyl groups is 1. The number of nitrogens with zero attached hydrogens (tertiary/aromatic N) is 2. The zero-order valence-corrected chi connectivity index (χ0v) is 24.4. The summed E-state index contributed by atoms with van der Waals surface area (Å²) >= 11 is 0. The lowest BCUT2D eigenvalue weighted by Gasteiger charge is -2.43. The summed E-state index contributed by atoms with van der Waals surface area (Å²) in [5.74, 6) is 2.33. The van der Waals surface area contributed by atoms with Gasteiger partial charge in [0.25, 0.3) is 5.88 Å². The number of aromatic nitrogens is 1. The van der Waals surface area contributed by atoms with E-state index in [2.05, 4.69) is 59.1 Å². The molecule has 1 heterocycles. The molecule has 3 aromatic rings. The van der Waals surface area contributed by atoms with E-state index in [1.54, 1.807) is 0 Å². The van der Waals surface area contributed by atoms with Crippen LogP contribution in [0.1, 0.15) is 34.1 Å². The van der Waals surface area contributed by atoms with Gasteiger partial charge in [0.1, 0.15) is 17.9 Å². The first-order valence-electron chi connectivity index (χ1n) is 14.5. The first-order chi connectivity index (χ1) is 19.4. The summed E-state index contributed by atoms with van der Waals surface area (Å²) in [6.45, 7) is 2.74. The molecule has 0 aliphatic heterocycles. The van der Waals surface area contributed by atoms with Crippen molar-refractivity contribution in [1.82, 2.24) is 10.1 Å². The molecule has 7 heteroatoms. The van der Waals surface area contributed by atoms with Crippen LogP contribution < -0.4 is 9.92 Å². The van der Waals surface area contributed by atoms with Crippen molar-refractivity contribution in [2.24, 2.45) is 35.5 Å². The van der Waals surface area contributed by atoms with Crippen LogP contribution in [-0.4, -0.2) is 43.8 Å². The van der Waals surface area contributed by atoms with E-state index in [1.807, 2.05) is 44.4 Å². The van der Waals surface area contributed by atoms with Crippen LogP contribution in [-0.2, 0) is 6.61 Å². The minimum atomic E-state index is -1.13. The Morgan fingerprint density at radius 3 is 2.48 bits per heavy atom. The van der Waals surface area contributed by atoms with Gasteiger partial charge < -0.3 is 14.4 Å². The van der Waals surface area contributed by atoms with Crippen molar-refractivity contribution in [2.75, 3.05) is 14.1 Å². The van der Waals surface area contributed by atoms with Gasteiger partial charge in [-0.25, -0.2) is 0 Å². The lowest BCUT2D eigenvalue weighted by Crippen LogP contribution is -2.42. The number of ether oxygens (including phenoxy) is 1. The van der Waals surface area contributed by atoms with Gasteiger partial charge in [-0.3, -0.25) is 9.69 Å². The summed E-state index contributed by atoms with van der Waals surface area (Å²) in [5, 5.41) is 17.6. The van der Waals surface area contributed by atoms with E-state index in [-0.39, 0.29) is 35.5 Å². The molecule has 8 atom stereocenters. The van der Waals surface area contributed by atoms with Gasteiger partial charge in [-0.1, -0.05) is 90.6 Å². The van der Waals surface area contributed by atoms with Crippen molar-refractivity contribution in [3.63, 3.8) is 0 Å². The van der Waals surface area contributed by atoms with Crippen LogP contribution in [0.15, 0.2) is 88.7 Å². The van der Waals surface area contributed by atoms with Gasteiger partial charge in [-0.05, 0) is 54.9 Å². The Morgan fingerprint density at radius 2 is 1.75 bits per heavy atom. The Bertz CT molecular complexity index is 1480. The van der Waals surface area contributed by atoms with Crippen molar-refractivity contribution in [1.29, 1.82) is 0 Å². The highest BCUT2D eigenvalue weighted by Gasteiger charge is 2.59. The number of hydrogen-bond donors (Lipinski definition) is 1. The van der Waals surface area contributed by atoms with Crippen molar-refractivity contribution < 1.29 is 19.2 Å². The molecule has 4 aliphatic rings. The number of fused-ring (bicyclic) bond motifs is 7. The molecular weight excluding hydrogens is 516 g/mol. The maximum atomic E-state index is 14.1. The van der Waals surface area contributed by atoms with E-state index in [0.717, 1.165) is 12.0 Å². The van der Waals surface area contributed by atoms with E-state index in [4.69, 9.17) is 9.26 Å². The zero-order chi connectivity index (χ0) is 27.5. The fraction of sp³-hybridized carbons (Fsp3) is 0.394. The standard InChI is InChI=1S/C33H36N2O4Si/c1-35(2)29-24-16-23-21-14-15-22(25(21)18-40(3)20-12-8-5-9-13-20)26(23)30(36)27(24)31(37)28-32(29)39-34-33(28)38-17-19-10-6-4-7-11-19/h4-15,21-26,29,36,40H,16-18H2,1-3H3/t21-,22-,23+,24-,25?,26-,29-,40?/m1/s1. The molecule has 2 aromatic carbocycles. The van der Waals surface area contributed by atoms with Crippen LogP contribution >= 0.6 is 0 Å². The maximum Gasteiger partial charge on any atom is 0.266 e. The molecule has 1 N–H and O–H groups in total. The topological polar surface area (TPSA) is 75.8 Å². The van der Waals surface area contributed by atoms with Crippen molar-refractivity contribution in [3.05, 3.63) is 101 Å². The summed E-state index contributed by atoms with van der Waals surface area (Å²) in [4.78, 5) is 16.2. The van der Waals surface area contributed by atoms with Gasteiger partial charge in [0.05, 0.1) is 14.8 Å². The van der Waals surface area contributed by atoms with E-state index in [9.17, 15) is 9.90 Å². The summed E-state index contributed by atoms with van der Waals surface area (Å²) in [6, 6.07) is 21.8. The third-order valence-electron chi connectivity index (χ3n) is 9.98. The number of allylic oxidation sites excluding steroid dienone is 3. The molecule has 0 radical (unpaired) electrons. The molecule has 0 amide bonds. The number of rotatable bonds is 7. The smallest absolute Gasteiger partial charge is 0.266 e. The molecule has 2 bridgehead atoms. The number of carbonyl (C=O) groups is 1. The van der Waals surface area contributed by atoms with Crippen LogP contribution in [0.25, 0.3) is 0 Å². The number of aliphatic hydroxyl groups excluding tert-OH is 1. The van der Waals surface area contributed by atoms with Gasteiger partial charge >= 0.3 is 0 Å². The summed E-state index contributed by atoms with van der Waals surface area (Å²) < 4.78 is 11.9. The highest BCUT2D eigenvalue weighted by molar-refractivity contribution is 6.72. The van der Waals surface area contributed by atoms with Crippen molar-refractivity contribution >= 4 is 19.8 Å². The predicted octanol–water partition coefficient (Wildman–Crippen LogP) is 5.31. The second kappa shape index (κ2) is 9.89. The van der Waals surface area contributed by atoms with Crippen LogP contribution in [0.4, 0.5) is 0 Å². The Balaban J connectivity index is 1.21. The van der Waals surface area contributed by atoms with Gasteiger partial charge in [-0.2, -0.15) is 0 Å². The monoisotopic (exact) mass is 552 g/mol. The van der Waals surface area contributed by atoms with E-state index >= 15 is 0 Å². The van der Waals surface area contributed by atoms with E-state index < -0.39 is 8.80 Å². The first kappa shape index (κ1) is 25.5. The maximum absolute atomic E-state index is 14.1. The molecule has 0 saturated heterocycles. The molecule has 1 fully saturated rings. The molecule has 40 heavy (non-hydrogen) atoms. The van der Waals surface area contributed by atoms with Crippen molar-refractivity contribution in [2.45, 2.75) is 31.7 Å². The molecule has 1 aromatic heterocycles. The third-order valence-corrected chi connectivity index (χ3v) is 12.8. The van der Waals surface area contributed by atoms with Crippen molar-refractivity contribution in [3.8, 4) is 5.88 Å². The van der Waals surface area contributed by atoms with Gasteiger partial charge in [0.15, 0.2) is 5.76 Å². The lowest BCUT2D eigenvalue weighted by atomic mass is 9.63. The van der Waals surface area contributed by atoms with Crippen LogP contribution in [0, 0.1) is 35.5 Å². The normalized spacial score (nSPS) is 30.8. The second-order valence-corrected chi connectivity index (χ2v) is 15.3. The Morgan fingerprint density at radius 1 is 1.05 bits per heavy atom. The van der Waals surface area contributed by atoms with Gasteiger partial charge in [0, 0.05) is 17.4 Å². The Hall–Kier alpha value is -3.42. The summed E-state index contributed by atoms with van der Waals surface area (Å²) in [7, 11) is 2.88. The number of hydrogen-bond acceptors (Lipinski definition) is 6. The second-order valence-electron chi connectivity index (χ2n) is 12.3. The summed E-state index contributed by atoms with van der Waals surface area (Å²) in [5.41, 5.74) is 1.90. The average Bonchev–Trinajstić information content (AvgIpc) is 3.65. The number of Topliss-reactive ketones (excluding diaryl/α,β-unsaturated/α-hetero) is 1. The molecule has 2 unspecified atom stereocenters. The SMILES string of the molecule is CN(C)[C@H]1c2onc(OCc3ccccc3)c2C(=O)C2=C(O)[C@H]3[C@@H](C[C@H]21)[C@H]1C=C[C@@H]3C1C[SiH](C)c1ccccc1. The summed E-state index contributed by atoms with van der Waals surface area (Å²) in [6.07, 6.45) is 5.60.